The third kappa shape index (κ3) is 20.2. The van der Waals surface area contributed by atoms with Crippen molar-refractivity contribution in [2.45, 2.75) is 41.5 Å². The summed E-state index contributed by atoms with van der Waals surface area (Å²) in [4.78, 5) is 0. The number of thioether (sulfide) groups is 2. The molecular weight excluding hydrogens is 499 g/mol. The Labute approximate surface area is 194 Å². The average molecular weight is 535 g/mol. The molecule has 0 rings (SSSR count). The molecule has 0 aromatic rings. The van der Waals surface area contributed by atoms with E-state index in [4.69, 9.17) is 41.7 Å². The summed E-state index contributed by atoms with van der Waals surface area (Å²) in [6, 6.07) is 0. The zero-order valence-electron chi connectivity index (χ0n) is 17.3. The molecule has 0 aliphatic heterocycles. The van der Waals surface area contributed by atoms with Crippen LogP contribution in [0.25, 0.3) is 0 Å². The van der Waals surface area contributed by atoms with E-state index in [-0.39, 0.29) is 0 Å². The molecule has 0 fully saturated rings. The smallest absolute Gasteiger partial charge is 0.248 e. The van der Waals surface area contributed by atoms with Crippen LogP contribution in [0.15, 0.2) is 0 Å². The standard InChI is InChI=1S/C8H19O2PS3.C7H17O2PS3/c1-4-9-11(12,10-5-2)14-8-7-13-6-3;1-4-8-10(11,9-5-2)13-7-12-6-3/h4-8H2,1-3H3;4-7H2,1-3H3. The molecule has 0 atom stereocenters. The van der Waals surface area contributed by atoms with E-state index in [0.717, 1.165) is 28.1 Å². The largest absolute Gasteiger partial charge is 0.322 e. The molecule has 0 aromatic carbocycles. The van der Waals surface area contributed by atoms with E-state index in [0.29, 0.717) is 26.4 Å². The van der Waals surface area contributed by atoms with Gasteiger partial charge in [-0.05, 0) is 62.8 Å². The predicted molar refractivity (Wildman–Crippen MR) is 141 cm³/mol. The molecule has 0 spiro atoms. The van der Waals surface area contributed by atoms with E-state index in [2.05, 4.69) is 13.8 Å². The minimum atomic E-state index is -2.02. The van der Waals surface area contributed by atoms with Crippen LogP contribution in [0.2, 0.25) is 0 Å². The summed E-state index contributed by atoms with van der Waals surface area (Å²) >= 11 is 17.8. The monoisotopic (exact) mass is 534 g/mol. The highest BCUT2D eigenvalue weighted by Crippen LogP contribution is 2.62. The second-order valence-electron chi connectivity index (χ2n) is 4.34. The fourth-order valence-electron chi connectivity index (χ4n) is 1.39. The van der Waals surface area contributed by atoms with E-state index in [1.54, 1.807) is 22.8 Å². The van der Waals surface area contributed by atoms with Crippen LogP contribution < -0.4 is 0 Å². The molecular formula is C15H36O4P2S6. The highest BCUT2D eigenvalue weighted by molar-refractivity contribution is 8.69. The lowest BCUT2D eigenvalue weighted by atomic mass is 10.9. The van der Waals surface area contributed by atoms with Crippen LogP contribution in [-0.2, 0) is 41.7 Å². The molecule has 0 amide bonds. The highest BCUT2D eigenvalue weighted by atomic mass is 32.9. The molecule has 0 aromatic heterocycles. The SMILES string of the molecule is CCOP(=S)(OCC)SCCSCC.CCOP(=S)(OCC)SCSCC. The first-order chi connectivity index (χ1) is 12.9. The number of hydrogen-bond donors (Lipinski definition) is 0. The van der Waals surface area contributed by atoms with Gasteiger partial charge in [-0.3, -0.25) is 0 Å². The van der Waals surface area contributed by atoms with Gasteiger partial charge >= 0.3 is 0 Å². The lowest BCUT2D eigenvalue weighted by Gasteiger charge is -2.19. The van der Waals surface area contributed by atoms with Crippen molar-refractivity contribution in [3.05, 3.63) is 0 Å². The Bertz CT molecular complexity index is 398. The van der Waals surface area contributed by atoms with E-state index in [1.165, 1.54) is 0 Å². The summed E-state index contributed by atoms with van der Waals surface area (Å²) in [5.74, 6) is 4.42. The van der Waals surface area contributed by atoms with Crippen LogP contribution in [0.4, 0.5) is 0 Å². The van der Waals surface area contributed by atoms with Crippen molar-refractivity contribution in [1.82, 2.24) is 0 Å². The second kappa shape index (κ2) is 21.8. The van der Waals surface area contributed by atoms with Crippen molar-refractivity contribution in [1.29, 1.82) is 0 Å². The first kappa shape index (κ1) is 31.7. The molecule has 12 heteroatoms. The molecule has 0 heterocycles. The van der Waals surface area contributed by atoms with Crippen LogP contribution in [0.3, 0.4) is 0 Å². The Hall–Kier alpha value is 2.54. The molecule has 0 unspecified atom stereocenters. The van der Waals surface area contributed by atoms with Crippen LogP contribution in [0.1, 0.15) is 41.5 Å². The third-order valence-electron chi connectivity index (χ3n) is 2.33. The van der Waals surface area contributed by atoms with Gasteiger partial charge in [0.25, 0.3) is 0 Å². The average Bonchev–Trinajstić information content (AvgIpc) is 2.60. The Balaban J connectivity index is 0. The Morgan fingerprint density at radius 3 is 1.37 bits per heavy atom. The van der Waals surface area contributed by atoms with Gasteiger partial charge in [0.1, 0.15) is 0 Å². The summed E-state index contributed by atoms with van der Waals surface area (Å²) in [5, 5.41) is 0.966. The zero-order chi connectivity index (χ0) is 21.0. The number of hydrogen-bond acceptors (Lipinski definition) is 10. The molecule has 0 saturated heterocycles. The quantitative estimate of drug-likeness (QED) is 0.106. The van der Waals surface area contributed by atoms with E-state index < -0.39 is 11.4 Å². The Morgan fingerprint density at radius 1 is 0.593 bits per heavy atom. The first-order valence-electron chi connectivity index (χ1n) is 9.09. The summed E-state index contributed by atoms with van der Waals surface area (Å²) in [6.45, 7) is 14.7. The van der Waals surface area contributed by atoms with Crippen molar-refractivity contribution in [2.75, 3.05) is 54.5 Å². The van der Waals surface area contributed by atoms with E-state index >= 15 is 0 Å². The molecule has 0 radical (unpaired) electrons. The molecule has 166 valence electrons. The third-order valence-corrected chi connectivity index (χ3v) is 16.1. The topological polar surface area (TPSA) is 36.9 Å². The summed E-state index contributed by atoms with van der Waals surface area (Å²) in [6.07, 6.45) is 0. The van der Waals surface area contributed by atoms with Gasteiger partial charge in [0.05, 0.1) is 26.4 Å². The Kier molecular flexibility index (Phi) is 25.6. The maximum Gasteiger partial charge on any atom is 0.248 e. The van der Waals surface area contributed by atoms with Crippen molar-refractivity contribution in [2.24, 2.45) is 0 Å². The summed E-state index contributed by atoms with van der Waals surface area (Å²) < 4.78 is 22.0. The van der Waals surface area contributed by atoms with E-state index in [1.807, 2.05) is 51.2 Å². The molecule has 0 aliphatic rings. The molecule has 0 saturated carbocycles. The van der Waals surface area contributed by atoms with Crippen molar-refractivity contribution in [3.63, 3.8) is 0 Å². The van der Waals surface area contributed by atoms with Gasteiger partial charge in [0.2, 0.25) is 11.4 Å². The predicted octanol–water partition coefficient (Wildman–Crippen LogP) is 7.50. The van der Waals surface area contributed by atoms with Gasteiger partial charge in [0, 0.05) is 16.6 Å². The molecule has 0 aliphatic carbocycles. The zero-order valence-corrected chi connectivity index (χ0v) is 24.0. The fraction of sp³-hybridized carbons (Fsp3) is 1.00. The second-order valence-corrected chi connectivity index (χ2v) is 20.1. The van der Waals surface area contributed by atoms with Gasteiger partial charge in [0.15, 0.2) is 0 Å². The highest BCUT2D eigenvalue weighted by Gasteiger charge is 2.18. The van der Waals surface area contributed by atoms with Crippen molar-refractivity contribution in [3.8, 4) is 0 Å². The lowest BCUT2D eigenvalue weighted by Crippen LogP contribution is -1.94. The summed E-state index contributed by atoms with van der Waals surface area (Å²) in [5.41, 5.74) is -4.04. The van der Waals surface area contributed by atoms with Crippen LogP contribution in [0.5, 0.6) is 0 Å². The fourth-order valence-corrected chi connectivity index (χ4v) is 14.3. The van der Waals surface area contributed by atoms with E-state index in [9.17, 15) is 0 Å². The van der Waals surface area contributed by atoms with Gasteiger partial charge in [-0.15, -0.1) is 0 Å². The van der Waals surface area contributed by atoms with Gasteiger partial charge < -0.3 is 18.1 Å². The molecule has 4 nitrogen and oxygen atoms in total. The van der Waals surface area contributed by atoms with Gasteiger partial charge in [-0.1, -0.05) is 36.6 Å². The minimum absolute atomic E-state index is 0.640. The van der Waals surface area contributed by atoms with Crippen LogP contribution in [-0.4, -0.2) is 54.5 Å². The maximum absolute atomic E-state index is 5.51. The molecule has 0 bridgehead atoms. The van der Waals surface area contributed by atoms with Crippen LogP contribution in [0, 0.1) is 0 Å². The molecule has 27 heavy (non-hydrogen) atoms. The first-order valence-corrected chi connectivity index (χ1v) is 19.9. The van der Waals surface area contributed by atoms with Crippen molar-refractivity contribution < 1.29 is 18.1 Å². The normalized spacial score (nSPS) is 11.9. The lowest BCUT2D eigenvalue weighted by molar-refractivity contribution is 0.280. The van der Waals surface area contributed by atoms with Gasteiger partial charge in [-0.25, -0.2) is 0 Å². The van der Waals surface area contributed by atoms with Gasteiger partial charge in [-0.2, -0.15) is 23.5 Å². The Morgan fingerprint density at radius 2 is 1.00 bits per heavy atom. The number of rotatable bonds is 17. The van der Waals surface area contributed by atoms with Crippen LogP contribution >= 0.6 is 57.7 Å². The van der Waals surface area contributed by atoms with Crippen molar-refractivity contribution >= 4 is 81.3 Å². The summed E-state index contributed by atoms with van der Waals surface area (Å²) in [7, 11) is 0. The minimum Gasteiger partial charge on any atom is -0.322 e. The molecule has 0 N–H and O–H groups in total. The maximum atomic E-state index is 5.51.